The van der Waals surface area contributed by atoms with E-state index >= 15 is 0 Å². The minimum Gasteiger partial charge on any atom is -0.450 e. The fourth-order valence-electron chi connectivity index (χ4n) is 4.11. The van der Waals surface area contributed by atoms with Gasteiger partial charge in [0.25, 0.3) is 5.91 Å². The molecule has 3 unspecified atom stereocenters. The maximum absolute atomic E-state index is 13.3. The van der Waals surface area contributed by atoms with Gasteiger partial charge in [-0.05, 0) is 32.4 Å². The van der Waals surface area contributed by atoms with Gasteiger partial charge in [0, 0.05) is 31.9 Å². The molecule has 0 aromatic heterocycles. The monoisotopic (exact) mass is 563 g/mol. The molecule has 1 aliphatic rings. The number of amidine groups is 1. The van der Waals surface area contributed by atoms with Crippen LogP contribution >= 0.6 is 0 Å². The molecule has 1 saturated heterocycles. The Morgan fingerprint density at radius 1 is 1.00 bits per heavy atom. The number of benzene rings is 1. The van der Waals surface area contributed by atoms with Gasteiger partial charge in [-0.25, -0.2) is 14.4 Å². The van der Waals surface area contributed by atoms with Crippen LogP contribution in [0.25, 0.3) is 0 Å². The second-order valence-corrected chi connectivity index (χ2v) is 8.89. The highest BCUT2D eigenvalue weighted by atomic mass is 17.2. The van der Waals surface area contributed by atoms with Crippen LogP contribution in [-0.4, -0.2) is 78.3 Å². The summed E-state index contributed by atoms with van der Waals surface area (Å²) in [7, 11) is 0. The molecule has 40 heavy (non-hydrogen) atoms. The first-order valence-electron chi connectivity index (χ1n) is 13.1. The van der Waals surface area contributed by atoms with Gasteiger partial charge in [-0.1, -0.05) is 31.5 Å². The molecule has 1 fully saturated rings. The molecule has 1 aromatic rings. The Bertz CT molecular complexity index is 1070. The first-order chi connectivity index (χ1) is 19.1. The number of likely N-dealkylation sites (tertiary alicyclic amines) is 1. The third-order valence-electron chi connectivity index (χ3n) is 6.01. The van der Waals surface area contributed by atoms with E-state index in [1.54, 1.807) is 44.2 Å². The Kier molecular flexibility index (Phi) is 12.3. The molecule has 1 heterocycles. The van der Waals surface area contributed by atoms with Crippen LogP contribution in [0.1, 0.15) is 63.7 Å². The van der Waals surface area contributed by atoms with Crippen LogP contribution in [0.5, 0.6) is 0 Å². The van der Waals surface area contributed by atoms with Crippen LogP contribution in [0.3, 0.4) is 0 Å². The van der Waals surface area contributed by atoms with E-state index in [-0.39, 0.29) is 32.1 Å². The number of carbonyl (C=O) groups is 5. The summed E-state index contributed by atoms with van der Waals surface area (Å²) in [5, 5.41) is 16.3. The molecule has 3 atom stereocenters. The molecule has 4 N–H and O–H groups in total. The second kappa shape index (κ2) is 15.4. The zero-order valence-corrected chi connectivity index (χ0v) is 23.1. The normalized spacial score (nSPS) is 20.1. The van der Waals surface area contributed by atoms with Crippen molar-refractivity contribution >= 4 is 35.8 Å². The van der Waals surface area contributed by atoms with Crippen molar-refractivity contribution in [2.45, 2.75) is 71.2 Å². The van der Waals surface area contributed by atoms with E-state index in [0.717, 1.165) is 13.3 Å². The average molecular weight is 564 g/mol. The van der Waals surface area contributed by atoms with E-state index < -0.39 is 54.1 Å². The van der Waals surface area contributed by atoms with Crippen LogP contribution in [0.2, 0.25) is 0 Å². The van der Waals surface area contributed by atoms with Crippen molar-refractivity contribution < 1.29 is 43.2 Å². The lowest BCUT2D eigenvalue weighted by molar-refractivity contribution is -0.327. The van der Waals surface area contributed by atoms with Crippen LogP contribution in [0, 0.1) is 5.41 Å². The van der Waals surface area contributed by atoms with E-state index in [4.69, 9.17) is 24.7 Å². The molecule has 14 nitrogen and oxygen atoms in total. The Morgan fingerprint density at radius 2 is 1.65 bits per heavy atom. The second-order valence-electron chi connectivity index (χ2n) is 8.89. The number of hydrogen-bond acceptors (Lipinski definition) is 10. The maximum atomic E-state index is 13.3. The van der Waals surface area contributed by atoms with Gasteiger partial charge in [-0.2, -0.15) is 4.89 Å². The zero-order valence-electron chi connectivity index (χ0n) is 23.1. The van der Waals surface area contributed by atoms with Crippen molar-refractivity contribution in [2.24, 2.45) is 0 Å². The van der Waals surface area contributed by atoms with Gasteiger partial charge in [0.15, 0.2) is 5.60 Å². The summed E-state index contributed by atoms with van der Waals surface area (Å²) in [6.07, 6.45) is -1.95. The summed E-state index contributed by atoms with van der Waals surface area (Å²) in [5.74, 6) is -2.39. The Labute approximate surface area is 232 Å². The molecule has 0 saturated carbocycles. The van der Waals surface area contributed by atoms with Crippen LogP contribution < -0.4 is 16.0 Å². The maximum Gasteiger partial charge on any atom is 0.412 e. The predicted octanol–water partition coefficient (Wildman–Crippen LogP) is 2.24. The number of carbonyl (C=O) groups excluding carboxylic acids is 5. The van der Waals surface area contributed by atoms with Gasteiger partial charge in [0.2, 0.25) is 5.91 Å². The molecule has 0 radical (unpaired) electrons. The highest BCUT2D eigenvalue weighted by Gasteiger charge is 2.56. The molecule has 220 valence electrons. The summed E-state index contributed by atoms with van der Waals surface area (Å²) >= 11 is 0. The molecule has 1 aromatic carbocycles. The summed E-state index contributed by atoms with van der Waals surface area (Å²) < 4.78 is 9.88. The predicted molar refractivity (Wildman–Crippen MR) is 141 cm³/mol. The average Bonchev–Trinajstić information content (AvgIpc) is 2.92. The lowest BCUT2D eigenvalue weighted by atomic mass is 9.82. The number of amides is 4. The van der Waals surface area contributed by atoms with Crippen molar-refractivity contribution in [3.05, 3.63) is 35.9 Å². The van der Waals surface area contributed by atoms with Crippen LogP contribution in [0.4, 0.5) is 9.59 Å². The van der Waals surface area contributed by atoms with Crippen molar-refractivity contribution in [2.75, 3.05) is 19.8 Å². The van der Waals surface area contributed by atoms with E-state index in [2.05, 4.69) is 16.0 Å². The number of ether oxygens (including phenoxy) is 2. The van der Waals surface area contributed by atoms with Crippen molar-refractivity contribution in [3.63, 3.8) is 0 Å². The zero-order chi connectivity index (χ0) is 29.7. The summed E-state index contributed by atoms with van der Waals surface area (Å²) in [4.78, 5) is 74.7. The molecule has 1 aliphatic heterocycles. The van der Waals surface area contributed by atoms with E-state index in [1.807, 2.05) is 6.92 Å². The molecular formula is C26H37N5O9. The lowest BCUT2D eigenvalue weighted by Crippen LogP contribution is -2.74. The van der Waals surface area contributed by atoms with Crippen LogP contribution in [0.15, 0.2) is 30.3 Å². The number of unbranched alkanes of at least 4 members (excludes halogenated alkanes) is 1. The Balaban J connectivity index is 2.59. The number of nitrogens with zero attached hydrogens (tertiary/aromatic N) is 1. The minimum absolute atomic E-state index is 0.00309. The van der Waals surface area contributed by atoms with Gasteiger partial charge >= 0.3 is 18.2 Å². The summed E-state index contributed by atoms with van der Waals surface area (Å²) in [6.45, 7) is 5.85. The van der Waals surface area contributed by atoms with Gasteiger partial charge in [0.05, 0.1) is 19.3 Å². The number of hydrogen-bond donors (Lipinski definition) is 4. The number of piperidine rings is 1. The standard InChI is InChI=1S/C26H37N5O9/c1-5-8-14-21(33)31-16-19(28-24(35)37-6-2)26(40-39-17(4)32,23(27)30-25(36)38-7-3)15-20(31)29-22(34)18-12-10-9-11-13-18/h9-13,19-20H,5-8,14-16H2,1-4H3,(H,28,35)(H,29,34)(H2,27,30,36). The number of alkyl carbamates (subject to hydrolysis) is 2. The summed E-state index contributed by atoms with van der Waals surface area (Å²) in [6, 6.07) is 6.98. The molecule has 0 spiro atoms. The fourth-order valence-corrected chi connectivity index (χ4v) is 4.11. The third-order valence-corrected chi connectivity index (χ3v) is 6.01. The first-order valence-corrected chi connectivity index (χ1v) is 13.1. The smallest absolute Gasteiger partial charge is 0.412 e. The molecule has 4 amide bonds. The largest absolute Gasteiger partial charge is 0.450 e. The molecular weight excluding hydrogens is 526 g/mol. The SMILES string of the molecule is CCCCC(=O)N1CC(NC(=O)OCC)C(OOC(C)=O)(C(=N)NC(=O)OCC)CC1NC(=O)c1ccccc1. The van der Waals surface area contributed by atoms with Gasteiger partial charge in [0.1, 0.15) is 12.0 Å². The van der Waals surface area contributed by atoms with Crippen LogP contribution in [-0.2, 0) is 28.8 Å². The minimum atomic E-state index is -2.08. The Hall–Kier alpha value is -4.20. The summed E-state index contributed by atoms with van der Waals surface area (Å²) in [5.41, 5.74) is -1.78. The molecule has 14 heteroatoms. The topological polar surface area (TPSA) is 185 Å². The highest BCUT2D eigenvalue weighted by Crippen LogP contribution is 2.32. The van der Waals surface area contributed by atoms with Gasteiger partial charge < -0.3 is 25.0 Å². The molecule has 2 rings (SSSR count). The Morgan fingerprint density at radius 3 is 2.25 bits per heavy atom. The van der Waals surface area contributed by atoms with E-state index in [0.29, 0.717) is 12.0 Å². The van der Waals surface area contributed by atoms with E-state index in [1.165, 1.54) is 4.90 Å². The quantitative estimate of drug-likeness (QED) is 0.136. The lowest BCUT2D eigenvalue weighted by Gasteiger charge is -2.49. The van der Waals surface area contributed by atoms with Gasteiger partial charge in [-0.15, -0.1) is 0 Å². The molecule has 0 aliphatic carbocycles. The van der Waals surface area contributed by atoms with E-state index in [9.17, 15) is 24.0 Å². The molecule has 0 bridgehead atoms. The fraction of sp³-hybridized carbons (Fsp3) is 0.538. The number of rotatable bonds is 11. The highest BCUT2D eigenvalue weighted by molar-refractivity contribution is 6.00. The third kappa shape index (κ3) is 8.66. The van der Waals surface area contributed by atoms with Gasteiger partial charge in [-0.3, -0.25) is 25.2 Å². The van der Waals surface area contributed by atoms with Crippen molar-refractivity contribution in [3.8, 4) is 0 Å². The number of nitrogens with one attached hydrogen (secondary N) is 4. The first kappa shape index (κ1) is 32.0. The van der Waals surface area contributed by atoms with Crippen molar-refractivity contribution in [1.29, 1.82) is 5.41 Å². The van der Waals surface area contributed by atoms with Crippen molar-refractivity contribution in [1.82, 2.24) is 20.9 Å².